The van der Waals surface area contributed by atoms with Crippen molar-refractivity contribution in [3.63, 3.8) is 0 Å². The topological polar surface area (TPSA) is 49.2 Å². The number of aliphatic hydroxyl groups excluding tert-OH is 1. The predicted molar refractivity (Wildman–Crippen MR) is 88.8 cm³/mol. The number of rotatable bonds is 5. The summed E-state index contributed by atoms with van der Waals surface area (Å²) in [6.07, 6.45) is 2.72. The van der Waals surface area contributed by atoms with Gasteiger partial charge in [-0.1, -0.05) is 30.3 Å². The summed E-state index contributed by atoms with van der Waals surface area (Å²) in [6, 6.07) is 10.6. The van der Waals surface area contributed by atoms with Crippen LogP contribution in [0.5, 0.6) is 0 Å². The van der Waals surface area contributed by atoms with Crippen LogP contribution in [0, 0.1) is 6.92 Å². The van der Waals surface area contributed by atoms with Crippen molar-refractivity contribution in [2.24, 2.45) is 0 Å². The van der Waals surface area contributed by atoms with Crippen molar-refractivity contribution < 1.29 is 5.11 Å². The van der Waals surface area contributed by atoms with E-state index in [-0.39, 0.29) is 6.04 Å². The lowest BCUT2D eigenvalue weighted by molar-refractivity contribution is 0.103. The highest BCUT2D eigenvalue weighted by molar-refractivity contribution is 7.11. The largest absolute Gasteiger partial charge is 0.388 e. The molecule has 1 aromatic carbocycles. The Hall–Kier alpha value is -1.30. The van der Waals surface area contributed by atoms with Gasteiger partial charge in [-0.3, -0.25) is 4.90 Å². The Morgan fingerprint density at radius 2 is 2.09 bits per heavy atom. The molecule has 1 saturated heterocycles. The average molecular weight is 317 g/mol. The third-order valence-corrected chi connectivity index (χ3v) is 5.51. The quantitative estimate of drug-likeness (QED) is 0.917. The van der Waals surface area contributed by atoms with Crippen molar-refractivity contribution in [3.05, 3.63) is 45.9 Å². The summed E-state index contributed by atoms with van der Waals surface area (Å²) >= 11 is 1.67. The fraction of sp³-hybridized carbons (Fsp3) is 0.529. The summed E-state index contributed by atoms with van der Waals surface area (Å²) in [5, 5.41) is 21.0. The van der Waals surface area contributed by atoms with Gasteiger partial charge in [0.25, 0.3) is 0 Å². The zero-order valence-corrected chi connectivity index (χ0v) is 14.0. The molecule has 1 fully saturated rings. The number of nitrogens with zero attached hydrogens (tertiary/aromatic N) is 3. The second kappa shape index (κ2) is 6.86. The lowest BCUT2D eigenvalue weighted by atomic mass is 10.00. The van der Waals surface area contributed by atoms with Crippen LogP contribution in [0.2, 0.25) is 0 Å². The van der Waals surface area contributed by atoms with E-state index in [9.17, 15) is 5.11 Å². The Kier molecular flexibility index (Phi) is 4.86. The van der Waals surface area contributed by atoms with Gasteiger partial charge in [0.1, 0.15) is 10.0 Å². The number of likely N-dealkylation sites (tertiary alicyclic amines) is 1. The first kappa shape index (κ1) is 15.6. The Morgan fingerprint density at radius 3 is 2.77 bits per heavy atom. The maximum absolute atomic E-state index is 10.5. The Morgan fingerprint density at radius 1 is 1.32 bits per heavy atom. The molecule has 1 aliphatic rings. The van der Waals surface area contributed by atoms with Crippen molar-refractivity contribution in [2.45, 2.75) is 51.3 Å². The SMILES string of the molecule is Cc1nnc([C@H](C)N2CCC[C@@H]2C[C@@H](O)c2ccccc2)s1. The van der Waals surface area contributed by atoms with Crippen LogP contribution in [0.1, 0.15) is 53.9 Å². The van der Waals surface area contributed by atoms with Crippen molar-refractivity contribution in [3.8, 4) is 0 Å². The molecule has 4 nitrogen and oxygen atoms in total. The van der Waals surface area contributed by atoms with E-state index in [1.807, 2.05) is 37.3 Å². The van der Waals surface area contributed by atoms with Gasteiger partial charge in [0.15, 0.2) is 0 Å². The van der Waals surface area contributed by atoms with E-state index in [2.05, 4.69) is 22.0 Å². The monoisotopic (exact) mass is 317 g/mol. The molecule has 0 unspecified atom stereocenters. The van der Waals surface area contributed by atoms with Crippen LogP contribution in [-0.2, 0) is 0 Å². The first-order valence-electron chi connectivity index (χ1n) is 7.94. The molecule has 0 radical (unpaired) electrons. The van der Waals surface area contributed by atoms with E-state index in [0.29, 0.717) is 6.04 Å². The van der Waals surface area contributed by atoms with Crippen molar-refractivity contribution >= 4 is 11.3 Å². The normalized spacial score (nSPS) is 21.9. The lowest BCUT2D eigenvalue weighted by Crippen LogP contribution is -2.33. The van der Waals surface area contributed by atoms with E-state index in [0.717, 1.165) is 35.0 Å². The van der Waals surface area contributed by atoms with E-state index >= 15 is 0 Å². The number of aryl methyl sites for hydroxylation is 1. The maximum Gasteiger partial charge on any atom is 0.134 e. The highest BCUT2D eigenvalue weighted by Gasteiger charge is 2.32. The van der Waals surface area contributed by atoms with Crippen molar-refractivity contribution in [1.29, 1.82) is 0 Å². The Labute approximate surface area is 135 Å². The Balaban J connectivity index is 1.68. The fourth-order valence-electron chi connectivity index (χ4n) is 3.31. The Bertz CT molecular complexity index is 601. The summed E-state index contributed by atoms with van der Waals surface area (Å²) in [4.78, 5) is 2.48. The molecule has 1 aromatic heterocycles. The van der Waals surface area contributed by atoms with Crippen LogP contribution in [0.15, 0.2) is 30.3 Å². The van der Waals surface area contributed by atoms with Crippen LogP contribution in [0.4, 0.5) is 0 Å². The summed E-state index contributed by atoms with van der Waals surface area (Å²) in [5.41, 5.74) is 1.01. The molecule has 2 heterocycles. The standard InChI is InChI=1S/C17H23N3OS/c1-12(17-19-18-13(2)22-17)20-10-6-9-15(20)11-16(21)14-7-4-3-5-8-14/h3-5,7-8,12,15-16,21H,6,9-11H2,1-2H3/t12-,15+,16+/m0/s1. The fourth-order valence-corrected chi connectivity index (χ4v) is 4.08. The molecule has 0 spiro atoms. The maximum atomic E-state index is 10.5. The van der Waals surface area contributed by atoms with Crippen molar-refractivity contribution in [1.82, 2.24) is 15.1 Å². The molecule has 1 aliphatic heterocycles. The van der Waals surface area contributed by atoms with Gasteiger partial charge >= 0.3 is 0 Å². The molecule has 0 amide bonds. The van der Waals surface area contributed by atoms with E-state index in [1.165, 1.54) is 6.42 Å². The predicted octanol–water partition coefficient (Wildman–Crippen LogP) is 3.50. The third kappa shape index (κ3) is 3.37. The molecule has 3 atom stereocenters. The van der Waals surface area contributed by atoms with Gasteiger partial charge in [-0.25, -0.2) is 0 Å². The average Bonchev–Trinajstić information content (AvgIpc) is 3.16. The molecule has 22 heavy (non-hydrogen) atoms. The third-order valence-electron chi connectivity index (χ3n) is 4.50. The second-order valence-corrected chi connectivity index (χ2v) is 7.24. The van der Waals surface area contributed by atoms with Gasteiger partial charge in [-0.2, -0.15) is 0 Å². The second-order valence-electron chi connectivity index (χ2n) is 6.03. The summed E-state index contributed by atoms with van der Waals surface area (Å²) in [6.45, 7) is 5.27. The van der Waals surface area contributed by atoms with Crippen LogP contribution in [0.25, 0.3) is 0 Å². The zero-order chi connectivity index (χ0) is 15.5. The molecule has 1 N–H and O–H groups in total. The molecule has 118 valence electrons. The summed E-state index contributed by atoms with van der Waals surface area (Å²) in [7, 11) is 0. The highest BCUT2D eigenvalue weighted by Crippen LogP contribution is 2.34. The van der Waals surface area contributed by atoms with Crippen LogP contribution in [0.3, 0.4) is 0 Å². The molecule has 0 aliphatic carbocycles. The van der Waals surface area contributed by atoms with Crippen molar-refractivity contribution in [2.75, 3.05) is 6.54 Å². The minimum atomic E-state index is -0.393. The van der Waals surface area contributed by atoms with Gasteiger partial charge in [0, 0.05) is 6.04 Å². The van der Waals surface area contributed by atoms with Crippen LogP contribution < -0.4 is 0 Å². The molecule has 0 bridgehead atoms. The number of aliphatic hydroxyl groups is 1. The molecular formula is C17H23N3OS. The summed E-state index contributed by atoms with van der Waals surface area (Å²) < 4.78 is 0. The number of hydrogen-bond acceptors (Lipinski definition) is 5. The first-order valence-corrected chi connectivity index (χ1v) is 8.75. The van der Waals surface area contributed by atoms with Gasteiger partial charge in [0.05, 0.1) is 12.1 Å². The molecule has 5 heteroatoms. The van der Waals surface area contributed by atoms with E-state index in [1.54, 1.807) is 11.3 Å². The molecule has 3 rings (SSSR count). The van der Waals surface area contributed by atoms with Gasteiger partial charge in [0.2, 0.25) is 0 Å². The van der Waals surface area contributed by atoms with Gasteiger partial charge in [-0.05, 0) is 45.2 Å². The smallest absolute Gasteiger partial charge is 0.134 e. The number of hydrogen-bond donors (Lipinski definition) is 1. The highest BCUT2D eigenvalue weighted by atomic mass is 32.1. The van der Waals surface area contributed by atoms with Crippen LogP contribution >= 0.6 is 11.3 Å². The minimum absolute atomic E-state index is 0.279. The summed E-state index contributed by atoms with van der Waals surface area (Å²) in [5.74, 6) is 0. The number of aromatic nitrogens is 2. The minimum Gasteiger partial charge on any atom is -0.388 e. The number of benzene rings is 1. The first-order chi connectivity index (χ1) is 10.6. The van der Waals surface area contributed by atoms with Crippen LogP contribution in [-0.4, -0.2) is 32.8 Å². The molecule has 0 saturated carbocycles. The molecule has 2 aromatic rings. The van der Waals surface area contributed by atoms with Gasteiger partial charge in [-0.15, -0.1) is 21.5 Å². The van der Waals surface area contributed by atoms with E-state index in [4.69, 9.17) is 0 Å². The van der Waals surface area contributed by atoms with Gasteiger partial charge < -0.3 is 5.11 Å². The lowest BCUT2D eigenvalue weighted by Gasteiger charge is -2.30. The molecular weight excluding hydrogens is 294 g/mol. The van der Waals surface area contributed by atoms with E-state index < -0.39 is 6.10 Å². The zero-order valence-electron chi connectivity index (χ0n) is 13.1.